The largest absolute Gasteiger partial charge is 0.496 e. The number of ether oxygens (including phenoxy) is 1. The van der Waals surface area contributed by atoms with E-state index in [0.29, 0.717) is 0 Å². The van der Waals surface area contributed by atoms with Crippen LogP contribution in [0.15, 0.2) is 18.2 Å². The fraction of sp³-hybridized carbons (Fsp3) is 0.385. The monoisotopic (exact) mass is 188 g/mol. The van der Waals surface area contributed by atoms with Gasteiger partial charge in [0, 0.05) is 6.42 Å². The molecule has 0 aliphatic carbocycles. The Labute approximate surface area is 86.1 Å². The molecule has 0 bridgehead atoms. The third-order valence-corrected chi connectivity index (χ3v) is 2.29. The molecule has 74 valence electrons. The van der Waals surface area contributed by atoms with Gasteiger partial charge in [0.05, 0.1) is 7.11 Å². The zero-order valence-electron chi connectivity index (χ0n) is 8.84. The van der Waals surface area contributed by atoms with Crippen LogP contribution in [0.4, 0.5) is 0 Å². The lowest BCUT2D eigenvalue weighted by Crippen LogP contribution is -1.93. The summed E-state index contributed by atoms with van der Waals surface area (Å²) < 4.78 is 5.27. The summed E-state index contributed by atoms with van der Waals surface area (Å²) >= 11 is 0. The minimum Gasteiger partial charge on any atom is -0.496 e. The molecule has 1 heteroatoms. The van der Waals surface area contributed by atoms with Gasteiger partial charge in [-0.05, 0) is 30.0 Å². The molecule has 1 aromatic carbocycles. The van der Waals surface area contributed by atoms with E-state index in [-0.39, 0.29) is 0 Å². The number of benzene rings is 1. The summed E-state index contributed by atoms with van der Waals surface area (Å²) in [6.07, 6.45) is 7.96. The van der Waals surface area contributed by atoms with Gasteiger partial charge in [0.1, 0.15) is 5.75 Å². The molecule has 14 heavy (non-hydrogen) atoms. The van der Waals surface area contributed by atoms with Gasteiger partial charge in [0.2, 0.25) is 0 Å². The molecule has 0 saturated heterocycles. The van der Waals surface area contributed by atoms with Crippen molar-refractivity contribution in [3.63, 3.8) is 0 Å². The maximum absolute atomic E-state index is 5.27. The second kappa shape index (κ2) is 5.34. The third-order valence-electron chi connectivity index (χ3n) is 2.29. The smallest absolute Gasteiger partial charge is 0.122 e. The summed E-state index contributed by atoms with van der Waals surface area (Å²) in [5.74, 6) is 3.59. The van der Waals surface area contributed by atoms with Crippen LogP contribution < -0.4 is 4.74 Å². The number of hydrogen-bond donors (Lipinski definition) is 0. The van der Waals surface area contributed by atoms with Crippen LogP contribution in [-0.4, -0.2) is 7.11 Å². The highest BCUT2D eigenvalue weighted by molar-refractivity contribution is 5.37. The van der Waals surface area contributed by atoms with Crippen molar-refractivity contribution in [3.05, 3.63) is 29.3 Å². The van der Waals surface area contributed by atoms with Crippen molar-refractivity contribution < 1.29 is 4.74 Å². The summed E-state index contributed by atoms with van der Waals surface area (Å²) in [7, 11) is 1.69. The van der Waals surface area contributed by atoms with E-state index in [1.54, 1.807) is 7.11 Å². The van der Waals surface area contributed by atoms with Gasteiger partial charge in [-0.15, -0.1) is 12.3 Å². The Morgan fingerprint density at radius 1 is 1.43 bits per heavy atom. The maximum Gasteiger partial charge on any atom is 0.122 e. The van der Waals surface area contributed by atoms with Crippen LogP contribution in [0.5, 0.6) is 5.75 Å². The molecular formula is C13H16O. The quantitative estimate of drug-likeness (QED) is 0.660. The highest BCUT2D eigenvalue weighted by atomic mass is 16.5. The molecule has 0 amide bonds. The molecule has 0 aromatic heterocycles. The first kappa shape index (κ1) is 10.7. The lowest BCUT2D eigenvalue weighted by Gasteiger charge is -2.08. The molecule has 0 aliphatic rings. The average Bonchev–Trinajstić information content (AvgIpc) is 2.25. The van der Waals surface area contributed by atoms with Gasteiger partial charge in [-0.25, -0.2) is 0 Å². The Bertz CT molecular complexity index is 334. The summed E-state index contributed by atoms with van der Waals surface area (Å²) in [4.78, 5) is 0. The third kappa shape index (κ3) is 2.53. The van der Waals surface area contributed by atoms with Crippen LogP contribution in [-0.2, 0) is 12.8 Å². The van der Waals surface area contributed by atoms with Crippen LogP contribution in [0.1, 0.15) is 24.5 Å². The minimum absolute atomic E-state index is 0.767. The zero-order valence-corrected chi connectivity index (χ0v) is 8.84. The molecule has 0 saturated carbocycles. The van der Waals surface area contributed by atoms with Crippen LogP contribution >= 0.6 is 0 Å². The minimum atomic E-state index is 0.767. The second-order valence-corrected chi connectivity index (χ2v) is 3.20. The van der Waals surface area contributed by atoms with Crippen molar-refractivity contribution in [2.45, 2.75) is 26.2 Å². The SMILES string of the molecule is C#CCCc1cc(CC)ccc1OC. The van der Waals surface area contributed by atoms with Crippen molar-refractivity contribution in [2.75, 3.05) is 7.11 Å². The Morgan fingerprint density at radius 2 is 2.21 bits per heavy atom. The van der Waals surface area contributed by atoms with E-state index in [0.717, 1.165) is 25.0 Å². The molecule has 0 atom stereocenters. The Hall–Kier alpha value is -1.42. The Morgan fingerprint density at radius 3 is 2.79 bits per heavy atom. The summed E-state index contributed by atoms with van der Waals surface area (Å²) in [5, 5.41) is 0. The molecule has 1 nitrogen and oxygen atoms in total. The first-order valence-corrected chi connectivity index (χ1v) is 4.91. The lowest BCUT2D eigenvalue weighted by molar-refractivity contribution is 0.409. The fourth-order valence-electron chi connectivity index (χ4n) is 1.45. The van der Waals surface area contributed by atoms with Gasteiger partial charge in [-0.3, -0.25) is 0 Å². The summed E-state index contributed by atoms with van der Waals surface area (Å²) in [6.45, 7) is 2.15. The molecule has 0 radical (unpaired) electrons. The molecular weight excluding hydrogens is 172 g/mol. The highest BCUT2D eigenvalue weighted by Crippen LogP contribution is 2.21. The predicted octanol–water partition coefficient (Wildman–Crippen LogP) is 2.82. The molecule has 0 aliphatic heterocycles. The first-order chi connectivity index (χ1) is 6.81. The molecule has 1 rings (SSSR count). The van der Waals surface area contributed by atoms with Crippen LogP contribution in [0, 0.1) is 12.3 Å². The van der Waals surface area contributed by atoms with Gasteiger partial charge in [-0.1, -0.05) is 19.1 Å². The topological polar surface area (TPSA) is 9.23 Å². The number of terminal acetylenes is 1. The lowest BCUT2D eigenvalue weighted by atomic mass is 10.0. The first-order valence-electron chi connectivity index (χ1n) is 4.91. The Kier molecular flexibility index (Phi) is 4.07. The zero-order chi connectivity index (χ0) is 10.4. The van der Waals surface area contributed by atoms with Crippen molar-refractivity contribution in [3.8, 4) is 18.1 Å². The molecule has 0 spiro atoms. The van der Waals surface area contributed by atoms with Crippen molar-refractivity contribution in [1.82, 2.24) is 0 Å². The number of methoxy groups -OCH3 is 1. The van der Waals surface area contributed by atoms with E-state index in [9.17, 15) is 0 Å². The number of hydrogen-bond acceptors (Lipinski definition) is 1. The van der Waals surface area contributed by atoms with E-state index >= 15 is 0 Å². The van der Waals surface area contributed by atoms with Gasteiger partial charge in [0.25, 0.3) is 0 Å². The number of aryl methyl sites for hydroxylation is 2. The molecule has 1 aromatic rings. The van der Waals surface area contributed by atoms with Gasteiger partial charge >= 0.3 is 0 Å². The van der Waals surface area contributed by atoms with Gasteiger partial charge < -0.3 is 4.74 Å². The molecule has 0 heterocycles. The average molecular weight is 188 g/mol. The van der Waals surface area contributed by atoms with Crippen LogP contribution in [0.25, 0.3) is 0 Å². The fourth-order valence-corrected chi connectivity index (χ4v) is 1.45. The number of rotatable bonds is 4. The van der Waals surface area contributed by atoms with E-state index in [1.165, 1.54) is 11.1 Å². The van der Waals surface area contributed by atoms with Crippen molar-refractivity contribution in [1.29, 1.82) is 0 Å². The standard InChI is InChI=1S/C13H16O/c1-4-6-7-12-10-11(5-2)8-9-13(12)14-3/h1,8-10H,5-7H2,2-3H3. The maximum atomic E-state index is 5.27. The van der Waals surface area contributed by atoms with E-state index in [4.69, 9.17) is 11.2 Å². The second-order valence-electron chi connectivity index (χ2n) is 3.20. The van der Waals surface area contributed by atoms with E-state index in [2.05, 4.69) is 25.0 Å². The van der Waals surface area contributed by atoms with Gasteiger partial charge in [-0.2, -0.15) is 0 Å². The molecule has 0 fully saturated rings. The van der Waals surface area contributed by atoms with Crippen LogP contribution in [0.3, 0.4) is 0 Å². The van der Waals surface area contributed by atoms with Crippen LogP contribution in [0.2, 0.25) is 0 Å². The highest BCUT2D eigenvalue weighted by Gasteiger charge is 2.02. The predicted molar refractivity (Wildman–Crippen MR) is 59.5 cm³/mol. The van der Waals surface area contributed by atoms with E-state index < -0.39 is 0 Å². The summed E-state index contributed by atoms with van der Waals surface area (Å²) in [5.41, 5.74) is 2.54. The van der Waals surface area contributed by atoms with E-state index in [1.807, 2.05) is 6.07 Å². The van der Waals surface area contributed by atoms with Gasteiger partial charge in [0.15, 0.2) is 0 Å². The molecule has 0 unspecified atom stereocenters. The summed E-state index contributed by atoms with van der Waals surface area (Å²) in [6, 6.07) is 6.29. The normalized spacial score (nSPS) is 9.50. The Balaban J connectivity index is 2.91. The van der Waals surface area contributed by atoms with Crippen molar-refractivity contribution in [2.24, 2.45) is 0 Å². The molecule has 0 N–H and O–H groups in total. The van der Waals surface area contributed by atoms with Crippen molar-refractivity contribution >= 4 is 0 Å².